The van der Waals surface area contributed by atoms with Gasteiger partial charge in [0.2, 0.25) is 5.91 Å². The van der Waals surface area contributed by atoms with Gasteiger partial charge in [0.25, 0.3) is 0 Å². The summed E-state index contributed by atoms with van der Waals surface area (Å²) < 4.78 is 36.9. The van der Waals surface area contributed by atoms with Gasteiger partial charge in [-0.1, -0.05) is 0 Å². The number of rotatable bonds is 2. The number of likely N-dealkylation sites (N-methyl/N-ethyl adjacent to an activating group) is 1. The quantitative estimate of drug-likeness (QED) is 0.832. The van der Waals surface area contributed by atoms with Crippen LogP contribution in [-0.4, -0.2) is 29.2 Å². The van der Waals surface area contributed by atoms with E-state index in [9.17, 15) is 18.0 Å². The molecular weight excluding hydrogens is 265 g/mol. The molecule has 0 saturated carbocycles. The third-order valence-corrected chi connectivity index (χ3v) is 4.02. The lowest BCUT2D eigenvalue weighted by Gasteiger charge is -2.22. The molecule has 3 nitrogen and oxygen atoms in total. The fourth-order valence-electron chi connectivity index (χ4n) is 2.03. The number of amides is 1. The summed E-state index contributed by atoms with van der Waals surface area (Å²) in [4.78, 5) is 17.5. The molecule has 0 aromatic carbocycles. The standard InChI is InChI=1S/C11H11F3N2OS/c1-10(6-18-11(12,13)14)8-7(4-3-5-15-8)16(2)9(10)17/h3-5H,6H2,1-2H3. The number of anilines is 1. The van der Waals surface area contributed by atoms with E-state index in [0.29, 0.717) is 11.4 Å². The van der Waals surface area contributed by atoms with Crippen LogP contribution in [0.15, 0.2) is 18.3 Å². The smallest absolute Gasteiger partial charge is 0.313 e. The van der Waals surface area contributed by atoms with Crippen molar-refractivity contribution in [3.8, 4) is 0 Å². The van der Waals surface area contributed by atoms with E-state index in [4.69, 9.17) is 0 Å². The molecule has 1 amide bonds. The van der Waals surface area contributed by atoms with Crippen molar-refractivity contribution in [1.29, 1.82) is 0 Å². The van der Waals surface area contributed by atoms with Gasteiger partial charge < -0.3 is 4.90 Å². The van der Waals surface area contributed by atoms with Gasteiger partial charge in [0.05, 0.1) is 11.4 Å². The molecule has 0 bridgehead atoms. The molecule has 0 spiro atoms. The Morgan fingerprint density at radius 3 is 2.78 bits per heavy atom. The van der Waals surface area contributed by atoms with Crippen LogP contribution in [-0.2, 0) is 10.2 Å². The van der Waals surface area contributed by atoms with E-state index in [2.05, 4.69) is 4.98 Å². The van der Waals surface area contributed by atoms with Crippen molar-refractivity contribution in [3.05, 3.63) is 24.0 Å². The van der Waals surface area contributed by atoms with E-state index in [-0.39, 0.29) is 23.4 Å². The summed E-state index contributed by atoms with van der Waals surface area (Å²) in [5.41, 5.74) is -4.58. The molecule has 2 heterocycles. The number of aromatic nitrogens is 1. The minimum absolute atomic E-state index is 0.188. The number of nitrogens with zero attached hydrogens (tertiary/aromatic N) is 2. The first-order valence-corrected chi connectivity index (χ1v) is 6.18. The fraction of sp³-hybridized carbons (Fsp3) is 0.455. The monoisotopic (exact) mass is 276 g/mol. The topological polar surface area (TPSA) is 33.2 Å². The number of carbonyl (C=O) groups excluding carboxylic acids is 1. The Labute approximate surface area is 106 Å². The first-order valence-electron chi connectivity index (χ1n) is 5.20. The zero-order valence-electron chi connectivity index (χ0n) is 9.78. The lowest BCUT2D eigenvalue weighted by atomic mass is 9.90. The number of thioether (sulfide) groups is 1. The normalized spacial score (nSPS) is 23.4. The molecule has 0 fully saturated rings. The van der Waals surface area contributed by atoms with Gasteiger partial charge in [-0.25, -0.2) is 0 Å². The minimum atomic E-state index is -4.35. The van der Waals surface area contributed by atoms with Gasteiger partial charge >= 0.3 is 5.51 Å². The molecule has 1 aromatic heterocycles. The van der Waals surface area contributed by atoms with E-state index in [0.717, 1.165) is 0 Å². The summed E-state index contributed by atoms with van der Waals surface area (Å²) >= 11 is -0.188. The van der Waals surface area contributed by atoms with Gasteiger partial charge in [0.15, 0.2) is 0 Å². The van der Waals surface area contributed by atoms with Crippen molar-refractivity contribution < 1.29 is 18.0 Å². The summed E-state index contributed by atoms with van der Waals surface area (Å²) in [6.45, 7) is 1.50. The SMILES string of the molecule is CN1C(=O)C(C)(CSC(F)(F)F)c2ncccc21. The fourth-order valence-corrected chi connectivity index (χ4v) is 2.74. The van der Waals surface area contributed by atoms with Gasteiger partial charge in [-0.15, -0.1) is 0 Å². The molecule has 1 aliphatic heterocycles. The van der Waals surface area contributed by atoms with Crippen molar-refractivity contribution >= 4 is 23.4 Å². The Bertz CT molecular complexity index is 491. The number of alkyl halides is 3. The van der Waals surface area contributed by atoms with Crippen LogP contribution in [0, 0.1) is 0 Å². The lowest BCUT2D eigenvalue weighted by Crippen LogP contribution is -2.39. The van der Waals surface area contributed by atoms with E-state index < -0.39 is 10.9 Å². The van der Waals surface area contributed by atoms with Crippen molar-refractivity contribution in [2.45, 2.75) is 17.8 Å². The van der Waals surface area contributed by atoms with E-state index >= 15 is 0 Å². The summed E-state index contributed by atoms with van der Waals surface area (Å²) in [6, 6.07) is 3.34. The van der Waals surface area contributed by atoms with Gasteiger partial charge in [0.1, 0.15) is 5.41 Å². The first-order chi connectivity index (χ1) is 8.26. The van der Waals surface area contributed by atoms with Gasteiger partial charge in [-0.3, -0.25) is 9.78 Å². The lowest BCUT2D eigenvalue weighted by molar-refractivity contribution is -0.121. The average molecular weight is 276 g/mol. The zero-order chi connectivity index (χ0) is 13.6. The molecule has 0 radical (unpaired) electrons. The summed E-state index contributed by atoms with van der Waals surface area (Å²) in [6.07, 6.45) is 1.49. The van der Waals surface area contributed by atoms with E-state index in [1.165, 1.54) is 18.0 Å². The predicted octanol–water partition coefficient (Wildman–Crippen LogP) is 2.57. The zero-order valence-corrected chi connectivity index (χ0v) is 10.6. The van der Waals surface area contributed by atoms with Gasteiger partial charge in [-0.2, -0.15) is 13.2 Å². The number of hydrogen-bond acceptors (Lipinski definition) is 3. The van der Waals surface area contributed by atoms with Crippen molar-refractivity contribution in [2.24, 2.45) is 0 Å². The van der Waals surface area contributed by atoms with E-state index in [1.54, 1.807) is 19.2 Å². The maximum Gasteiger partial charge on any atom is 0.441 e. The van der Waals surface area contributed by atoms with Crippen LogP contribution in [0.25, 0.3) is 0 Å². The van der Waals surface area contributed by atoms with Crippen LogP contribution in [0.2, 0.25) is 0 Å². The molecule has 0 N–H and O–H groups in total. The number of carbonyl (C=O) groups is 1. The van der Waals surface area contributed by atoms with Crippen molar-refractivity contribution in [1.82, 2.24) is 4.98 Å². The van der Waals surface area contributed by atoms with Crippen LogP contribution >= 0.6 is 11.8 Å². The molecule has 1 aromatic rings. The molecule has 98 valence electrons. The second-order valence-electron chi connectivity index (χ2n) is 4.30. The Morgan fingerprint density at radius 1 is 1.50 bits per heavy atom. The summed E-state index contributed by atoms with van der Waals surface area (Å²) in [5, 5.41) is 0. The Morgan fingerprint density at radius 2 is 2.17 bits per heavy atom. The molecule has 1 atom stereocenters. The highest BCUT2D eigenvalue weighted by Crippen LogP contribution is 2.44. The number of fused-ring (bicyclic) bond motifs is 1. The van der Waals surface area contributed by atoms with Crippen LogP contribution < -0.4 is 4.90 Å². The summed E-state index contributed by atoms with van der Waals surface area (Å²) in [5.74, 6) is -0.711. The first kappa shape index (κ1) is 13.2. The second-order valence-corrected chi connectivity index (χ2v) is 5.34. The summed E-state index contributed by atoms with van der Waals surface area (Å²) in [7, 11) is 1.55. The van der Waals surface area contributed by atoms with E-state index in [1.807, 2.05) is 0 Å². The highest BCUT2D eigenvalue weighted by Gasteiger charge is 2.49. The molecule has 7 heteroatoms. The minimum Gasteiger partial charge on any atom is -0.313 e. The Balaban J connectivity index is 2.35. The molecule has 1 unspecified atom stereocenters. The molecule has 0 aliphatic carbocycles. The van der Waals surface area contributed by atoms with Gasteiger partial charge in [-0.05, 0) is 30.8 Å². The number of pyridine rings is 1. The molecule has 2 rings (SSSR count). The number of hydrogen-bond donors (Lipinski definition) is 0. The van der Waals surface area contributed by atoms with Crippen LogP contribution in [0.5, 0.6) is 0 Å². The Kier molecular flexibility index (Phi) is 3.04. The molecular formula is C11H11F3N2OS. The highest BCUT2D eigenvalue weighted by molar-refractivity contribution is 8.00. The van der Waals surface area contributed by atoms with Crippen molar-refractivity contribution in [3.63, 3.8) is 0 Å². The van der Waals surface area contributed by atoms with Crippen LogP contribution in [0.4, 0.5) is 18.9 Å². The number of halogens is 3. The molecule has 0 saturated heterocycles. The second kappa shape index (κ2) is 4.15. The Hall–Kier alpha value is -1.24. The molecule has 18 heavy (non-hydrogen) atoms. The maximum absolute atomic E-state index is 12.3. The molecule has 1 aliphatic rings. The maximum atomic E-state index is 12.3. The predicted molar refractivity (Wildman–Crippen MR) is 63.5 cm³/mol. The largest absolute Gasteiger partial charge is 0.441 e. The average Bonchev–Trinajstić information content (AvgIpc) is 2.50. The highest BCUT2D eigenvalue weighted by atomic mass is 32.2. The van der Waals surface area contributed by atoms with Crippen LogP contribution in [0.3, 0.4) is 0 Å². The third-order valence-electron chi connectivity index (χ3n) is 2.97. The third kappa shape index (κ3) is 2.07. The van der Waals surface area contributed by atoms with Crippen molar-refractivity contribution in [2.75, 3.05) is 17.7 Å². The van der Waals surface area contributed by atoms with Crippen LogP contribution in [0.1, 0.15) is 12.6 Å². The van der Waals surface area contributed by atoms with Gasteiger partial charge in [0, 0.05) is 19.0 Å².